The van der Waals surface area contributed by atoms with Crippen molar-refractivity contribution < 1.29 is 13.6 Å². The van der Waals surface area contributed by atoms with Gasteiger partial charge in [-0.15, -0.1) is 0 Å². The third-order valence-electron chi connectivity index (χ3n) is 3.48. The molecule has 0 fully saturated rings. The summed E-state index contributed by atoms with van der Waals surface area (Å²) in [6.45, 7) is -2.02. The minimum absolute atomic E-state index is 0.102. The molecule has 0 aliphatic carbocycles. The number of imidazole rings is 1. The number of aromatic nitrogens is 2. The van der Waals surface area contributed by atoms with Crippen LogP contribution in [-0.4, -0.2) is 26.9 Å². The monoisotopic (exact) mass is 277 g/mol. The predicted molar refractivity (Wildman–Crippen MR) is 68.4 cm³/mol. The van der Waals surface area contributed by atoms with Crippen molar-refractivity contribution in [1.82, 2.24) is 14.5 Å². The molecule has 0 atom stereocenters. The molecule has 0 saturated heterocycles. The standard InChI is InChI=1S/C14H13F2N3O/c15-14(16)19-8-6-17-12(19)9-18-7-5-10-3-1-2-4-11(10)13(18)20/h1-4,6,8,14H,5,7,9H2. The van der Waals surface area contributed by atoms with Crippen LogP contribution in [0.4, 0.5) is 8.78 Å². The van der Waals surface area contributed by atoms with Gasteiger partial charge in [0, 0.05) is 24.5 Å². The largest absolute Gasteiger partial charge is 0.331 e. The molecule has 1 amide bonds. The Morgan fingerprint density at radius 2 is 2.10 bits per heavy atom. The second-order valence-electron chi connectivity index (χ2n) is 4.66. The van der Waals surface area contributed by atoms with Crippen molar-refractivity contribution in [2.75, 3.05) is 6.54 Å². The molecule has 104 valence electrons. The van der Waals surface area contributed by atoms with E-state index in [4.69, 9.17) is 0 Å². The maximum absolute atomic E-state index is 12.8. The SMILES string of the molecule is O=C1c2ccccc2CCN1Cc1nccn1C(F)F. The molecule has 1 aromatic carbocycles. The lowest BCUT2D eigenvalue weighted by atomic mass is 9.99. The van der Waals surface area contributed by atoms with Crippen LogP contribution < -0.4 is 0 Å². The van der Waals surface area contributed by atoms with E-state index >= 15 is 0 Å². The van der Waals surface area contributed by atoms with Gasteiger partial charge < -0.3 is 4.90 Å². The van der Waals surface area contributed by atoms with E-state index in [1.807, 2.05) is 12.1 Å². The van der Waals surface area contributed by atoms with E-state index in [0.717, 1.165) is 16.6 Å². The number of amides is 1. The third-order valence-corrected chi connectivity index (χ3v) is 3.48. The molecular weight excluding hydrogens is 264 g/mol. The molecule has 20 heavy (non-hydrogen) atoms. The number of rotatable bonds is 3. The Morgan fingerprint density at radius 3 is 2.90 bits per heavy atom. The number of nitrogens with zero attached hydrogens (tertiary/aromatic N) is 3. The van der Waals surface area contributed by atoms with Gasteiger partial charge in [-0.25, -0.2) is 4.98 Å². The van der Waals surface area contributed by atoms with Crippen molar-refractivity contribution in [1.29, 1.82) is 0 Å². The van der Waals surface area contributed by atoms with Gasteiger partial charge in [0.05, 0.1) is 6.54 Å². The zero-order valence-electron chi connectivity index (χ0n) is 10.7. The highest BCUT2D eigenvalue weighted by Crippen LogP contribution is 2.21. The zero-order chi connectivity index (χ0) is 14.1. The molecular formula is C14H13F2N3O. The normalized spacial score (nSPS) is 14.8. The Bertz CT molecular complexity index is 639. The second-order valence-corrected chi connectivity index (χ2v) is 4.66. The van der Waals surface area contributed by atoms with Crippen molar-refractivity contribution >= 4 is 5.91 Å². The molecule has 0 N–H and O–H groups in total. The molecule has 1 aliphatic rings. The first-order valence-electron chi connectivity index (χ1n) is 6.34. The Labute approximate surface area is 114 Å². The zero-order valence-corrected chi connectivity index (χ0v) is 10.7. The fourth-order valence-electron chi connectivity index (χ4n) is 2.44. The first kappa shape index (κ1) is 12.8. The maximum Gasteiger partial charge on any atom is 0.319 e. The van der Waals surface area contributed by atoms with Crippen LogP contribution in [-0.2, 0) is 13.0 Å². The second kappa shape index (κ2) is 5.03. The molecule has 3 rings (SSSR count). The topological polar surface area (TPSA) is 38.1 Å². The van der Waals surface area contributed by atoms with E-state index in [9.17, 15) is 13.6 Å². The molecule has 1 aliphatic heterocycles. The van der Waals surface area contributed by atoms with Gasteiger partial charge in [-0.3, -0.25) is 9.36 Å². The number of carbonyl (C=O) groups excluding carboxylic acids is 1. The highest BCUT2D eigenvalue weighted by molar-refractivity contribution is 5.96. The van der Waals surface area contributed by atoms with E-state index in [0.29, 0.717) is 12.1 Å². The number of fused-ring (bicyclic) bond motifs is 1. The van der Waals surface area contributed by atoms with Gasteiger partial charge in [-0.1, -0.05) is 18.2 Å². The average molecular weight is 277 g/mol. The van der Waals surface area contributed by atoms with Gasteiger partial charge in [-0.05, 0) is 18.1 Å². The molecule has 0 radical (unpaired) electrons. The highest BCUT2D eigenvalue weighted by atomic mass is 19.3. The summed E-state index contributed by atoms with van der Waals surface area (Å²) in [5, 5.41) is 0. The fourth-order valence-corrected chi connectivity index (χ4v) is 2.44. The van der Waals surface area contributed by atoms with Crippen LogP contribution in [0, 0.1) is 0 Å². The molecule has 4 nitrogen and oxygen atoms in total. The van der Waals surface area contributed by atoms with Crippen molar-refractivity contribution in [3.63, 3.8) is 0 Å². The fraction of sp³-hybridized carbons (Fsp3) is 0.286. The van der Waals surface area contributed by atoms with Crippen LogP contribution in [0.25, 0.3) is 0 Å². The van der Waals surface area contributed by atoms with Crippen LogP contribution >= 0.6 is 0 Å². The molecule has 2 heterocycles. The van der Waals surface area contributed by atoms with Crippen LogP contribution in [0.2, 0.25) is 0 Å². The summed E-state index contributed by atoms with van der Waals surface area (Å²) in [6.07, 6.45) is 3.28. The van der Waals surface area contributed by atoms with Gasteiger partial charge in [0.1, 0.15) is 5.82 Å². The van der Waals surface area contributed by atoms with Gasteiger partial charge in [0.25, 0.3) is 5.91 Å². The Hall–Kier alpha value is -2.24. The maximum atomic E-state index is 12.8. The van der Waals surface area contributed by atoms with Gasteiger partial charge in [0.2, 0.25) is 0 Å². The molecule has 1 aromatic heterocycles. The van der Waals surface area contributed by atoms with E-state index in [1.54, 1.807) is 17.0 Å². The van der Waals surface area contributed by atoms with Gasteiger partial charge in [-0.2, -0.15) is 8.78 Å². The highest BCUT2D eigenvalue weighted by Gasteiger charge is 2.25. The Balaban J connectivity index is 1.83. The van der Waals surface area contributed by atoms with Crippen molar-refractivity contribution in [3.8, 4) is 0 Å². The van der Waals surface area contributed by atoms with Gasteiger partial charge in [0.15, 0.2) is 0 Å². The lowest BCUT2D eigenvalue weighted by Crippen LogP contribution is -2.37. The quantitative estimate of drug-likeness (QED) is 0.864. The molecule has 0 spiro atoms. The van der Waals surface area contributed by atoms with Crippen LogP contribution in [0.15, 0.2) is 36.7 Å². The van der Waals surface area contributed by atoms with E-state index in [2.05, 4.69) is 4.98 Å². The number of hydrogen-bond donors (Lipinski definition) is 0. The number of halogens is 2. The Kier molecular flexibility index (Phi) is 3.22. The average Bonchev–Trinajstić information content (AvgIpc) is 2.91. The molecule has 0 unspecified atom stereocenters. The Morgan fingerprint density at radius 1 is 1.30 bits per heavy atom. The summed E-state index contributed by atoms with van der Waals surface area (Å²) in [5.41, 5.74) is 1.65. The van der Waals surface area contributed by atoms with Crippen LogP contribution in [0.5, 0.6) is 0 Å². The summed E-state index contributed by atoms with van der Waals surface area (Å²) >= 11 is 0. The molecule has 6 heteroatoms. The number of carbonyl (C=O) groups is 1. The minimum atomic E-state index is -2.64. The van der Waals surface area contributed by atoms with E-state index < -0.39 is 6.55 Å². The summed E-state index contributed by atoms with van der Waals surface area (Å²) in [5.74, 6) is 0.0726. The van der Waals surface area contributed by atoms with Crippen LogP contribution in [0.3, 0.4) is 0 Å². The van der Waals surface area contributed by atoms with Crippen molar-refractivity contribution in [2.45, 2.75) is 19.5 Å². The first-order valence-corrected chi connectivity index (χ1v) is 6.34. The summed E-state index contributed by atoms with van der Waals surface area (Å²) in [6, 6.07) is 7.39. The lowest BCUT2D eigenvalue weighted by Gasteiger charge is -2.28. The third kappa shape index (κ3) is 2.17. The smallest absolute Gasteiger partial charge is 0.319 e. The van der Waals surface area contributed by atoms with Gasteiger partial charge >= 0.3 is 6.55 Å². The minimum Gasteiger partial charge on any atom is -0.331 e. The summed E-state index contributed by atoms with van der Waals surface area (Å²) in [7, 11) is 0. The first-order chi connectivity index (χ1) is 9.66. The molecule has 2 aromatic rings. The lowest BCUT2D eigenvalue weighted by molar-refractivity contribution is 0.0585. The summed E-state index contributed by atoms with van der Waals surface area (Å²) < 4.78 is 26.3. The number of benzene rings is 1. The van der Waals surface area contributed by atoms with E-state index in [1.165, 1.54) is 12.4 Å². The summed E-state index contributed by atoms with van der Waals surface area (Å²) in [4.78, 5) is 17.8. The number of hydrogen-bond acceptors (Lipinski definition) is 2. The molecule has 0 saturated carbocycles. The van der Waals surface area contributed by atoms with E-state index in [-0.39, 0.29) is 18.3 Å². The molecule has 0 bridgehead atoms. The van der Waals surface area contributed by atoms with Crippen molar-refractivity contribution in [2.24, 2.45) is 0 Å². The van der Waals surface area contributed by atoms with Crippen molar-refractivity contribution in [3.05, 3.63) is 53.6 Å². The number of alkyl halides is 2. The predicted octanol–water partition coefficient (Wildman–Crippen LogP) is 2.48. The van der Waals surface area contributed by atoms with Crippen LogP contribution in [0.1, 0.15) is 28.3 Å².